The number of carbonyl (C=O) groups excluding carboxylic acids is 3. The topological polar surface area (TPSA) is 102 Å². The van der Waals surface area contributed by atoms with Gasteiger partial charge in [-0.1, -0.05) is 74.9 Å². The molecular weight excluding hydrogens is 394 g/mol. The zero-order valence-corrected chi connectivity index (χ0v) is 17.9. The van der Waals surface area contributed by atoms with Gasteiger partial charge in [0.1, 0.15) is 18.7 Å². The number of amides is 3. The number of nitrogens with zero attached hydrogens (tertiary/aromatic N) is 1. The third kappa shape index (κ3) is 5.42. The Kier molecular flexibility index (Phi) is 7.28. The van der Waals surface area contributed by atoms with Crippen LogP contribution in [0.2, 0.25) is 0 Å². The maximum absolute atomic E-state index is 13.2. The van der Waals surface area contributed by atoms with Crippen LogP contribution in [-0.4, -0.2) is 34.9 Å². The fourth-order valence-electron chi connectivity index (χ4n) is 3.73. The van der Waals surface area contributed by atoms with Crippen molar-refractivity contribution in [1.29, 1.82) is 0 Å². The molecule has 3 N–H and O–H groups in total. The number of benzene rings is 2. The molecule has 3 amide bonds. The van der Waals surface area contributed by atoms with Gasteiger partial charge in [0.25, 0.3) is 0 Å². The Bertz CT molecular complexity index is 931. The zero-order chi connectivity index (χ0) is 22.4. The van der Waals surface area contributed by atoms with Crippen molar-refractivity contribution in [2.45, 2.75) is 51.9 Å². The summed E-state index contributed by atoms with van der Waals surface area (Å²) in [6, 6.07) is 15.5. The normalized spacial score (nSPS) is 17.2. The van der Waals surface area contributed by atoms with E-state index in [1.165, 1.54) is 4.90 Å². The summed E-state index contributed by atoms with van der Waals surface area (Å²) in [6.07, 6.45) is 0.455. The molecule has 7 nitrogen and oxygen atoms in total. The average molecular weight is 424 g/mol. The average Bonchev–Trinajstić information content (AvgIpc) is 2.79. The van der Waals surface area contributed by atoms with E-state index >= 15 is 0 Å². The summed E-state index contributed by atoms with van der Waals surface area (Å²) < 4.78 is 5.50. The molecular formula is C24H29N3O4. The summed E-state index contributed by atoms with van der Waals surface area (Å²) in [6.45, 7) is 4.16. The van der Waals surface area contributed by atoms with Crippen LogP contribution < -0.4 is 11.1 Å². The molecule has 2 aromatic rings. The Hall–Kier alpha value is -3.35. The van der Waals surface area contributed by atoms with Crippen LogP contribution in [0.5, 0.6) is 0 Å². The number of nitrogens with one attached hydrogen (secondary N) is 1. The van der Waals surface area contributed by atoms with Crippen LogP contribution in [-0.2, 0) is 33.9 Å². The minimum atomic E-state index is -0.795. The first-order chi connectivity index (χ1) is 14.9. The van der Waals surface area contributed by atoms with Gasteiger partial charge in [-0.25, -0.2) is 4.79 Å². The molecule has 2 aromatic carbocycles. The molecule has 0 saturated heterocycles. The molecule has 0 radical (unpaired) electrons. The number of nitrogens with two attached hydrogens (primary N) is 1. The number of carbonyl (C=O) groups is 3. The van der Waals surface area contributed by atoms with Crippen LogP contribution >= 0.6 is 0 Å². The van der Waals surface area contributed by atoms with Crippen molar-refractivity contribution in [1.82, 2.24) is 10.2 Å². The van der Waals surface area contributed by atoms with Crippen molar-refractivity contribution in [3.63, 3.8) is 0 Å². The lowest BCUT2D eigenvalue weighted by molar-refractivity contribution is -0.132. The third-order valence-corrected chi connectivity index (χ3v) is 5.81. The van der Waals surface area contributed by atoms with Gasteiger partial charge in [-0.05, 0) is 22.6 Å². The van der Waals surface area contributed by atoms with E-state index in [9.17, 15) is 14.4 Å². The largest absolute Gasteiger partial charge is 0.445 e. The number of primary amides is 1. The van der Waals surface area contributed by atoms with Crippen molar-refractivity contribution in [3.05, 3.63) is 71.3 Å². The van der Waals surface area contributed by atoms with Crippen LogP contribution in [0.25, 0.3) is 0 Å². The Morgan fingerprint density at radius 2 is 1.74 bits per heavy atom. The fraction of sp³-hybridized carbons (Fsp3) is 0.375. The summed E-state index contributed by atoms with van der Waals surface area (Å²) in [5.41, 5.74) is 8.34. The lowest BCUT2D eigenvalue weighted by atomic mass is 9.92. The fourth-order valence-corrected chi connectivity index (χ4v) is 3.73. The molecule has 1 heterocycles. The summed E-state index contributed by atoms with van der Waals surface area (Å²) in [5, 5.41) is 2.76. The Morgan fingerprint density at radius 1 is 1.10 bits per heavy atom. The van der Waals surface area contributed by atoms with Crippen molar-refractivity contribution in [3.8, 4) is 0 Å². The molecule has 0 fully saturated rings. The minimum Gasteiger partial charge on any atom is -0.445 e. The van der Waals surface area contributed by atoms with E-state index in [1.54, 1.807) is 0 Å². The molecule has 0 spiro atoms. The predicted molar refractivity (Wildman–Crippen MR) is 117 cm³/mol. The quantitative estimate of drug-likeness (QED) is 0.715. The van der Waals surface area contributed by atoms with E-state index in [2.05, 4.69) is 5.32 Å². The van der Waals surface area contributed by atoms with Crippen LogP contribution in [0.3, 0.4) is 0 Å². The molecule has 1 aliphatic heterocycles. The third-order valence-electron chi connectivity index (χ3n) is 5.81. The summed E-state index contributed by atoms with van der Waals surface area (Å²) in [5.74, 6) is -1.11. The van der Waals surface area contributed by atoms with Gasteiger partial charge in [0.2, 0.25) is 11.8 Å². The second kappa shape index (κ2) is 10.1. The van der Waals surface area contributed by atoms with E-state index in [0.717, 1.165) is 16.7 Å². The number of hydrogen-bond acceptors (Lipinski definition) is 4. The van der Waals surface area contributed by atoms with E-state index < -0.39 is 30.0 Å². The Labute approximate surface area is 182 Å². The van der Waals surface area contributed by atoms with Gasteiger partial charge in [-0.15, -0.1) is 0 Å². The zero-order valence-electron chi connectivity index (χ0n) is 17.9. The van der Waals surface area contributed by atoms with Crippen molar-refractivity contribution in [2.75, 3.05) is 0 Å². The van der Waals surface area contributed by atoms with Crippen molar-refractivity contribution < 1.29 is 19.1 Å². The lowest BCUT2D eigenvalue weighted by Gasteiger charge is -2.36. The Balaban J connectivity index is 1.79. The second-order valence-corrected chi connectivity index (χ2v) is 7.93. The molecule has 0 saturated carbocycles. The van der Waals surface area contributed by atoms with E-state index in [0.29, 0.717) is 12.8 Å². The summed E-state index contributed by atoms with van der Waals surface area (Å²) in [4.78, 5) is 39.4. The summed E-state index contributed by atoms with van der Waals surface area (Å²) >= 11 is 0. The smallest absolute Gasteiger partial charge is 0.411 e. The number of fused-ring (bicyclic) bond motifs is 1. The van der Waals surface area contributed by atoms with E-state index in [1.807, 2.05) is 68.4 Å². The molecule has 31 heavy (non-hydrogen) atoms. The highest BCUT2D eigenvalue weighted by atomic mass is 16.6. The van der Waals surface area contributed by atoms with Gasteiger partial charge in [0, 0.05) is 6.42 Å². The highest BCUT2D eigenvalue weighted by Gasteiger charge is 2.37. The van der Waals surface area contributed by atoms with Gasteiger partial charge in [-0.3, -0.25) is 14.5 Å². The molecule has 0 unspecified atom stereocenters. The molecule has 3 atom stereocenters. The molecule has 0 aliphatic carbocycles. The molecule has 7 heteroatoms. The van der Waals surface area contributed by atoms with E-state index in [4.69, 9.17) is 10.5 Å². The van der Waals surface area contributed by atoms with Crippen LogP contribution in [0, 0.1) is 5.92 Å². The molecule has 0 bridgehead atoms. The maximum atomic E-state index is 13.2. The number of hydrogen-bond donors (Lipinski definition) is 2. The highest BCUT2D eigenvalue weighted by Crippen LogP contribution is 2.25. The molecule has 1 aliphatic rings. The Morgan fingerprint density at radius 3 is 2.39 bits per heavy atom. The summed E-state index contributed by atoms with van der Waals surface area (Å²) in [7, 11) is 0. The van der Waals surface area contributed by atoms with Crippen LogP contribution in [0.4, 0.5) is 4.79 Å². The van der Waals surface area contributed by atoms with E-state index in [-0.39, 0.29) is 19.1 Å². The SMILES string of the molecule is CC[C@@H](C)[C@H](NC(=O)[C@@H]1Cc2ccccc2CN1C(=O)OCc1ccccc1)C(N)=O. The van der Waals surface area contributed by atoms with Crippen LogP contribution in [0.15, 0.2) is 54.6 Å². The van der Waals surface area contributed by atoms with Gasteiger partial charge in [0.05, 0.1) is 6.54 Å². The van der Waals surface area contributed by atoms with Gasteiger partial charge >= 0.3 is 6.09 Å². The van der Waals surface area contributed by atoms with Gasteiger partial charge < -0.3 is 15.8 Å². The van der Waals surface area contributed by atoms with Crippen LogP contribution in [0.1, 0.15) is 37.0 Å². The van der Waals surface area contributed by atoms with Gasteiger partial charge in [0.15, 0.2) is 0 Å². The van der Waals surface area contributed by atoms with Gasteiger partial charge in [-0.2, -0.15) is 0 Å². The standard InChI is InChI=1S/C24H29N3O4/c1-3-16(2)21(22(25)28)26-23(29)20-13-18-11-7-8-12-19(18)14-27(20)24(30)31-15-17-9-5-4-6-10-17/h4-12,16,20-21H,3,13-15H2,1-2H3,(H2,25,28)(H,26,29)/t16-,20+,21+/m1/s1. The second-order valence-electron chi connectivity index (χ2n) is 7.93. The number of rotatable bonds is 7. The molecule has 164 valence electrons. The molecule has 0 aromatic heterocycles. The maximum Gasteiger partial charge on any atom is 0.411 e. The lowest BCUT2D eigenvalue weighted by Crippen LogP contribution is -2.57. The highest BCUT2D eigenvalue weighted by molar-refractivity contribution is 5.91. The monoisotopic (exact) mass is 423 g/mol. The van der Waals surface area contributed by atoms with Crippen molar-refractivity contribution in [2.24, 2.45) is 11.7 Å². The minimum absolute atomic E-state index is 0.114. The molecule has 3 rings (SSSR count). The van der Waals surface area contributed by atoms with Crippen molar-refractivity contribution >= 4 is 17.9 Å². The first-order valence-electron chi connectivity index (χ1n) is 10.5. The predicted octanol–water partition coefficient (Wildman–Crippen LogP) is 2.77. The number of ether oxygens (including phenoxy) is 1. The first kappa shape index (κ1) is 22.3. The first-order valence-corrected chi connectivity index (χ1v) is 10.5.